The average molecular weight is 680 g/mol. The van der Waals surface area contributed by atoms with Gasteiger partial charge in [0.05, 0.1) is 53.5 Å². The topological polar surface area (TPSA) is 141 Å². The van der Waals surface area contributed by atoms with E-state index in [1.54, 1.807) is 48.5 Å². The molecule has 0 amide bonds. The Bertz CT molecular complexity index is 2050. The second kappa shape index (κ2) is 14.5. The number of carbonyl (C=O) groups is 1. The highest BCUT2D eigenvalue weighted by Gasteiger charge is 2.31. The van der Waals surface area contributed by atoms with Crippen LogP contribution < -0.4 is 33.8 Å². The zero-order chi connectivity index (χ0) is 33.7. The van der Waals surface area contributed by atoms with Crippen molar-refractivity contribution in [2.75, 3.05) is 27.4 Å². The number of hydrogen-bond acceptors (Lipinski definition) is 11. The van der Waals surface area contributed by atoms with Gasteiger partial charge in [-0.15, -0.1) is 0 Å². The third-order valence-electron chi connectivity index (χ3n) is 7.06. The highest BCUT2D eigenvalue weighted by Crippen LogP contribution is 2.38. The van der Waals surface area contributed by atoms with Crippen molar-refractivity contribution in [3.05, 3.63) is 118 Å². The summed E-state index contributed by atoms with van der Waals surface area (Å²) in [5.74, 6) is 0.924. The molecule has 4 aromatic rings. The molecule has 12 nitrogen and oxygen atoms in total. The molecule has 0 radical (unpaired) electrons. The largest absolute Gasteiger partial charge is 0.493 e. The van der Waals surface area contributed by atoms with Crippen molar-refractivity contribution in [1.29, 1.82) is 0 Å². The standard InChI is InChI=1S/C33H30ClN3O9S/c1-5-44-25-11-10-21(16-26(25)45-6-2)29-23(32(39)43-4)17-35-33-36(29)31(38)28(47-33)15-20-13-24(34)30(27(14-20)42-3)46-18-19-8-7-9-22(12-19)37(40)41/h7-17,29H,5-6,18H2,1-4H3/b28-15-/t29-/m1/s1. The fourth-order valence-electron chi connectivity index (χ4n) is 5.02. The molecule has 244 valence electrons. The number of esters is 1. The summed E-state index contributed by atoms with van der Waals surface area (Å²) in [6, 6.07) is 13.8. The van der Waals surface area contributed by atoms with E-state index < -0.39 is 16.9 Å². The summed E-state index contributed by atoms with van der Waals surface area (Å²) >= 11 is 7.75. The minimum absolute atomic E-state index is 0.00872. The predicted molar refractivity (Wildman–Crippen MR) is 175 cm³/mol. The molecule has 0 N–H and O–H groups in total. The maximum absolute atomic E-state index is 14.0. The van der Waals surface area contributed by atoms with Gasteiger partial charge < -0.3 is 23.7 Å². The molecule has 2 heterocycles. The molecule has 1 aliphatic rings. The summed E-state index contributed by atoms with van der Waals surface area (Å²) in [5.41, 5.74) is 1.45. The lowest BCUT2D eigenvalue weighted by Gasteiger charge is -2.23. The van der Waals surface area contributed by atoms with Crippen molar-refractivity contribution in [3.8, 4) is 23.0 Å². The number of non-ortho nitro benzene ring substituents is 1. The second-order valence-electron chi connectivity index (χ2n) is 10.00. The van der Waals surface area contributed by atoms with E-state index in [9.17, 15) is 19.7 Å². The number of thiazole rings is 1. The SMILES string of the molecule is CCOc1ccc([C@@H]2C(C(=O)OC)=CN=c3s/c(=C\c4cc(Cl)c(OCc5cccc([N+](=O)[O-])c5)c(OC)c4)c(=O)n32)cc1OCC. The number of rotatable bonds is 12. The Kier molecular flexibility index (Phi) is 10.3. The lowest BCUT2D eigenvalue weighted by Crippen LogP contribution is -2.39. The van der Waals surface area contributed by atoms with E-state index in [-0.39, 0.29) is 34.2 Å². The first-order chi connectivity index (χ1) is 22.7. The van der Waals surface area contributed by atoms with Crippen LogP contribution in [0.3, 0.4) is 0 Å². The summed E-state index contributed by atoms with van der Waals surface area (Å²) < 4.78 is 29.8. The summed E-state index contributed by atoms with van der Waals surface area (Å²) in [7, 11) is 2.72. The lowest BCUT2D eigenvalue weighted by molar-refractivity contribution is -0.384. The number of hydrogen-bond donors (Lipinski definition) is 0. The number of aromatic nitrogens is 1. The predicted octanol–water partition coefficient (Wildman–Crippen LogP) is 4.96. The molecular formula is C33H30ClN3O9S. The Morgan fingerprint density at radius 1 is 1.04 bits per heavy atom. The van der Waals surface area contributed by atoms with Crippen LogP contribution in [0.5, 0.6) is 23.0 Å². The van der Waals surface area contributed by atoms with Gasteiger partial charge in [-0.2, -0.15) is 0 Å². The highest BCUT2D eigenvalue weighted by molar-refractivity contribution is 7.07. The number of nitro groups is 1. The van der Waals surface area contributed by atoms with E-state index in [0.29, 0.717) is 56.5 Å². The van der Waals surface area contributed by atoms with Gasteiger partial charge in [0.15, 0.2) is 27.8 Å². The number of methoxy groups -OCH3 is 2. The first-order valence-electron chi connectivity index (χ1n) is 14.4. The summed E-state index contributed by atoms with van der Waals surface area (Å²) in [4.78, 5) is 42.3. The van der Waals surface area contributed by atoms with E-state index in [2.05, 4.69) is 4.99 Å². The Morgan fingerprint density at radius 3 is 2.51 bits per heavy atom. The average Bonchev–Trinajstić information content (AvgIpc) is 3.38. The van der Waals surface area contributed by atoms with Gasteiger partial charge in [0, 0.05) is 18.3 Å². The van der Waals surface area contributed by atoms with Crippen molar-refractivity contribution >= 4 is 40.7 Å². The van der Waals surface area contributed by atoms with Gasteiger partial charge >= 0.3 is 5.97 Å². The quantitative estimate of drug-likeness (QED) is 0.115. The van der Waals surface area contributed by atoms with Crippen LogP contribution in [0.15, 0.2) is 76.2 Å². The van der Waals surface area contributed by atoms with Gasteiger partial charge in [0.1, 0.15) is 6.61 Å². The minimum atomic E-state index is -0.849. The Morgan fingerprint density at radius 2 is 1.81 bits per heavy atom. The third-order valence-corrected chi connectivity index (χ3v) is 8.34. The first kappa shape index (κ1) is 33.2. The van der Waals surface area contributed by atoms with Crippen LogP contribution in [0.4, 0.5) is 5.69 Å². The van der Waals surface area contributed by atoms with Gasteiger partial charge in [-0.25, -0.2) is 9.79 Å². The molecule has 0 unspecified atom stereocenters. The lowest BCUT2D eigenvalue weighted by atomic mass is 9.97. The second-order valence-corrected chi connectivity index (χ2v) is 11.4. The summed E-state index contributed by atoms with van der Waals surface area (Å²) in [6.07, 6.45) is 3.06. The van der Waals surface area contributed by atoms with Crippen molar-refractivity contribution in [2.24, 2.45) is 4.99 Å². The van der Waals surface area contributed by atoms with E-state index in [1.165, 1.54) is 37.1 Å². The molecular weight excluding hydrogens is 650 g/mol. The van der Waals surface area contributed by atoms with Gasteiger partial charge in [-0.1, -0.05) is 41.1 Å². The number of nitro benzene ring substituents is 1. The molecule has 0 fully saturated rings. The number of nitrogens with zero attached hydrogens (tertiary/aromatic N) is 3. The number of halogens is 1. The molecule has 0 aliphatic carbocycles. The maximum Gasteiger partial charge on any atom is 0.337 e. The molecule has 5 rings (SSSR count). The van der Waals surface area contributed by atoms with Crippen LogP contribution in [0.1, 0.15) is 36.6 Å². The highest BCUT2D eigenvalue weighted by atomic mass is 35.5. The van der Waals surface area contributed by atoms with Crippen molar-refractivity contribution in [3.63, 3.8) is 0 Å². The van der Waals surface area contributed by atoms with Crippen LogP contribution in [0.25, 0.3) is 6.08 Å². The smallest absolute Gasteiger partial charge is 0.337 e. The molecule has 1 aromatic heterocycles. The van der Waals surface area contributed by atoms with E-state index in [4.69, 9.17) is 35.3 Å². The van der Waals surface area contributed by atoms with Crippen molar-refractivity contribution in [2.45, 2.75) is 26.5 Å². The maximum atomic E-state index is 14.0. The number of ether oxygens (including phenoxy) is 5. The third kappa shape index (κ3) is 7.00. The van der Waals surface area contributed by atoms with E-state index >= 15 is 0 Å². The molecule has 14 heteroatoms. The molecule has 1 atom stereocenters. The zero-order valence-electron chi connectivity index (χ0n) is 25.9. The number of carbonyl (C=O) groups excluding carboxylic acids is 1. The van der Waals surface area contributed by atoms with Gasteiger partial charge in [-0.05, 0) is 60.9 Å². The monoisotopic (exact) mass is 679 g/mol. The molecule has 0 saturated heterocycles. The fraction of sp³-hybridized carbons (Fsp3) is 0.242. The van der Waals surface area contributed by atoms with Gasteiger partial charge in [-0.3, -0.25) is 19.5 Å². The number of benzene rings is 3. The molecule has 0 saturated carbocycles. The zero-order valence-corrected chi connectivity index (χ0v) is 27.4. The molecule has 0 bridgehead atoms. The molecule has 47 heavy (non-hydrogen) atoms. The Balaban J connectivity index is 1.54. The molecule has 3 aromatic carbocycles. The van der Waals surface area contributed by atoms with Crippen LogP contribution in [0, 0.1) is 10.1 Å². The molecule has 0 spiro atoms. The number of fused-ring (bicyclic) bond motifs is 1. The van der Waals surface area contributed by atoms with E-state index in [1.807, 2.05) is 13.8 Å². The first-order valence-corrected chi connectivity index (χ1v) is 15.6. The van der Waals surface area contributed by atoms with Crippen molar-refractivity contribution < 1.29 is 33.4 Å². The molecule has 1 aliphatic heterocycles. The fourth-order valence-corrected chi connectivity index (χ4v) is 6.26. The van der Waals surface area contributed by atoms with Gasteiger partial charge in [0.25, 0.3) is 11.2 Å². The van der Waals surface area contributed by atoms with Crippen LogP contribution in [-0.2, 0) is 16.1 Å². The van der Waals surface area contributed by atoms with Crippen LogP contribution >= 0.6 is 22.9 Å². The Labute approximate surface area is 277 Å². The van der Waals surface area contributed by atoms with Gasteiger partial charge in [0.2, 0.25) is 0 Å². The van der Waals surface area contributed by atoms with Crippen LogP contribution in [0.2, 0.25) is 5.02 Å². The normalized spacial score (nSPS) is 14.0. The van der Waals surface area contributed by atoms with Crippen molar-refractivity contribution in [1.82, 2.24) is 4.57 Å². The summed E-state index contributed by atoms with van der Waals surface area (Å²) in [5, 5.41) is 11.3. The minimum Gasteiger partial charge on any atom is -0.493 e. The van der Waals surface area contributed by atoms with E-state index in [0.717, 1.165) is 11.3 Å². The Hall–Kier alpha value is -5.14. The summed E-state index contributed by atoms with van der Waals surface area (Å²) in [6.45, 7) is 4.54. The van der Waals surface area contributed by atoms with Crippen LogP contribution in [-0.4, -0.2) is 42.9 Å².